The molecule has 4 aromatic rings. The third kappa shape index (κ3) is 5.37. The Morgan fingerprint density at radius 3 is 2.42 bits per heavy atom. The van der Waals surface area contributed by atoms with Gasteiger partial charge in [-0.1, -0.05) is 24.3 Å². The van der Waals surface area contributed by atoms with Gasteiger partial charge >= 0.3 is 0 Å². The molecule has 31 heavy (non-hydrogen) atoms. The number of methoxy groups -OCH3 is 1. The molecule has 1 aromatic heterocycles. The van der Waals surface area contributed by atoms with E-state index in [1.165, 1.54) is 5.56 Å². The van der Waals surface area contributed by atoms with Gasteiger partial charge < -0.3 is 18.8 Å². The molecule has 4 rings (SSSR count). The number of aryl methyl sites for hydroxylation is 2. The van der Waals surface area contributed by atoms with E-state index in [2.05, 4.69) is 35.8 Å². The first-order valence-electron chi connectivity index (χ1n) is 10.6. The number of aromatic nitrogens is 2. The quantitative estimate of drug-likeness (QED) is 0.307. The van der Waals surface area contributed by atoms with Crippen molar-refractivity contribution < 1.29 is 14.2 Å². The van der Waals surface area contributed by atoms with Crippen LogP contribution in [0.25, 0.3) is 11.0 Å². The molecule has 160 valence electrons. The van der Waals surface area contributed by atoms with Gasteiger partial charge in [-0.05, 0) is 73.9 Å². The smallest absolute Gasteiger partial charge is 0.147 e. The van der Waals surface area contributed by atoms with Crippen LogP contribution in [-0.4, -0.2) is 23.3 Å². The van der Waals surface area contributed by atoms with Crippen LogP contribution >= 0.6 is 0 Å². The van der Waals surface area contributed by atoms with Gasteiger partial charge in [-0.25, -0.2) is 4.98 Å². The molecular formula is C26H28N2O3. The number of unbranched alkanes of at least 4 members (excludes halogenated alkanes) is 1. The molecule has 0 N–H and O–H groups in total. The molecule has 0 spiro atoms. The summed E-state index contributed by atoms with van der Waals surface area (Å²) in [7, 11) is 1.66. The third-order valence-corrected chi connectivity index (χ3v) is 5.20. The van der Waals surface area contributed by atoms with Crippen molar-refractivity contribution in [1.29, 1.82) is 0 Å². The maximum atomic E-state index is 5.99. The number of fused-ring (bicyclic) bond motifs is 1. The minimum absolute atomic E-state index is 0.417. The number of hydrogen-bond acceptors (Lipinski definition) is 4. The van der Waals surface area contributed by atoms with E-state index in [-0.39, 0.29) is 0 Å². The van der Waals surface area contributed by atoms with Crippen molar-refractivity contribution in [1.82, 2.24) is 9.55 Å². The lowest BCUT2D eigenvalue weighted by molar-refractivity contribution is 0.284. The molecule has 0 bridgehead atoms. The zero-order valence-electron chi connectivity index (χ0n) is 18.1. The van der Waals surface area contributed by atoms with Gasteiger partial charge in [0.2, 0.25) is 0 Å². The molecule has 3 aromatic carbocycles. The van der Waals surface area contributed by atoms with E-state index in [1.807, 2.05) is 48.5 Å². The van der Waals surface area contributed by atoms with Crippen LogP contribution in [0.15, 0.2) is 72.8 Å². The molecule has 0 fully saturated rings. The van der Waals surface area contributed by atoms with Crippen LogP contribution < -0.4 is 14.2 Å². The summed E-state index contributed by atoms with van der Waals surface area (Å²) in [6.45, 7) is 4.07. The number of para-hydroxylation sites is 2. The summed E-state index contributed by atoms with van der Waals surface area (Å²) in [5.41, 5.74) is 3.34. The van der Waals surface area contributed by atoms with E-state index < -0.39 is 0 Å². The van der Waals surface area contributed by atoms with Crippen LogP contribution in [0.1, 0.15) is 24.2 Å². The van der Waals surface area contributed by atoms with E-state index in [0.29, 0.717) is 13.2 Å². The predicted octanol–water partition coefficient (Wildman–Crippen LogP) is 5.79. The predicted molar refractivity (Wildman–Crippen MR) is 123 cm³/mol. The molecule has 0 saturated carbocycles. The van der Waals surface area contributed by atoms with Gasteiger partial charge in [0.05, 0.1) is 24.8 Å². The maximum Gasteiger partial charge on any atom is 0.147 e. The zero-order chi connectivity index (χ0) is 21.5. The second-order valence-corrected chi connectivity index (χ2v) is 7.50. The molecule has 0 aliphatic heterocycles. The van der Waals surface area contributed by atoms with Crippen LogP contribution in [0.5, 0.6) is 17.2 Å². The molecular weight excluding hydrogens is 388 g/mol. The van der Waals surface area contributed by atoms with Crippen LogP contribution in [0.2, 0.25) is 0 Å². The summed E-state index contributed by atoms with van der Waals surface area (Å²) < 4.78 is 19.3. The van der Waals surface area contributed by atoms with Crippen LogP contribution in [0.3, 0.4) is 0 Å². The normalized spacial score (nSPS) is 10.9. The van der Waals surface area contributed by atoms with Crippen LogP contribution in [-0.2, 0) is 13.2 Å². The van der Waals surface area contributed by atoms with Gasteiger partial charge in [-0.3, -0.25) is 0 Å². The Bertz CT molecular complexity index is 1120. The molecule has 1 heterocycles. The van der Waals surface area contributed by atoms with Crippen molar-refractivity contribution >= 4 is 11.0 Å². The second-order valence-electron chi connectivity index (χ2n) is 7.50. The lowest BCUT2D eigenvalue weighted by Gasteiger charge is -2.11. The average molecular weight is 417 g/mol. The fraction of sp³-hybridized carbons (Fsp3) is 0.269. The number of benzene rings is 3. The van der Waals surface area contributed by atoms with Crippen molar-refractivity contribution in [3.05, 3.63) is 84.2 Å². The molecule has 0 amide bonds. The SMILES string of the molecule is COc1ccc(OCc2nc3ccccc3n2CCCCOc2cccc(C)c2)cc1. The number of hydrogen-bond donors (Lipinski definition) is 0. The second kappa shape index (κ2) is 10.0. The topological polar surface area (TPSA) is 45.5 Å². The van der Waals surface area contributed by atoms with Crippen LogP contribution in [0, 0.1) is 6.92 Å². The third-order valence-electron chi connectivity index (χ3n) is 5.20. The summed E-state index contributed by atoms with van der Waals surface area (Å²) in [5, 5.41) is 0. The Labute approximate surface area is 183 Å². The highest BCUT2D eigenvalue weighted by molar-refractivity contribution is 5.75. The Morgan fingerprint density at radius 2 is 1.61 bits per heavy atom. The Kier molecular flexibility index (Phi) is 6.72. The minimum Gasteiger partial charge on any atom is -0.497 e. The van der Waals surface area contributed by atoms with Gasteiger partial charge in [-0.15, -0.1) is 0 Å². The van der Waals surface area contributed by atoms with Crippen molar-refractivity contribution in [2.75, 3.05) is 13.7 Å². The first-order valence-corrected chi connectivity index (χ1v) is 10.6. The highest BCUT2D eigenvalue weighted by Gasteiger charge is 2.11. The van der Waals surface area contributed by atoms with E-state index in [0.717, 1.165) is 53.5 Å². The molecule has 0 aliphatic rings. The van der Waals surface area contributed by atoms with E-state index in [4.69, 9.17) is 19.2 Å². The van der Waals surface area contributed by atoms with Gasteiger partial charge in [-0.2, -0.15) is 0 Å². The van der Waals surface area contributed by atoms with E-state index in [9.17, 15) is 0 Å². The zero-order valence-corrected chi connectivity index (χ0v) is 18.1. The first-order chi connectivity index (χ1) is 15.2. The van der Waals surface area contributed by atoms with Crippen molar-refractivity contribution in [2.45, 2.75) is 32.9 Å². The summed E-state index contributed by atoms with van der Waals surface area (Å²) in [6, 6.07) is 24.0. The molecule has 0 unspecified atom stereocenters. The molecule has 0 saturated heterocycles. The lowest BCUT2D eigenvalue weighted by Crippen LogP contribution is -2.09. The van der Waals surface area contributed by atoms with Crippen molar-refractivity contribution in [2.24, 2.45) is 0 Å². The largest absolute Gasteiger partial charge is 0.497 e. The van der Waals surface area contributed by atoms with E-state index >= 15 is 0 Å². The molecule has 0 aliphatic carbocycles. The average Bonchev–Trinajstić information content (AvgIpc) is 3.15. The number of imidazole rings is 1. The summed E-state index contributed by atoms with van der Waals surface area (Å²) in [5.74, 6) is 3.47. The number of ether oxygens (including phenoxy) is 3. The van der Waals surface area contributed by atoms with Gasteiger partial charge in [0, 0.05) is 6.54 Å². The number of rotatable bonds is 10. The monoisotopic (exact) mass is 416 g/mol. The van der Waals surface area contributed by atoms with Gasteiger partial charge in [0.25, 0.3) is 0 Å². The summed E-state index contributed by atoms with van der Waals surface area (Å²) in [6.07, 6.45) is 1.97. The minimum atomic E-state index is 0.417. The van der Waals surface area contributed by atoms with Gasteiger partial charge in [0.15, 0.2) is 0 Å². The number of nitrogens with zero attached hydrogens (tertiary/aromatic N) is 2. The Hall–Kier alpha value is -3.47. The fourth-order valence-corrected chi connectivity index (χ4v) is 3.57. The molecule has 5 heteroatoms. The highest BCUT2D eigenvalue weighted by atomic mass is 16.5. The highest BCUT2D eigenvalue weighted by Crippen LogP contribution is 2.21. The van der Waals surface area contributed by atoms with Crippen LogP contribution in [0.4, 0.5) is 0 Å². The molecule has 5 nitrogen and oxygen atoms in total. The maximum absolute atomic E-state index is 5.99. The standard InChI is InChI=1S/C26H28N2O3/c1-20-8-7-9-23(18-20)30-17-6-5-16-28-25-11-4-3-10-24(25)27-26(28)19-31-22-14-12-21(29-2)13-15-22/h3-4,7-15,18H,5-6,16-17,19H2,1-2H3. The molecule has 0 atom stereocenters. The Balaban J connectivity index is 1.37. The van der Waals surface area contributed by atoms with Gasteiger partial charge in [0.1, 0.15) is 29.7 Å². The Morgan fingerprint density at radius 1 is 0.806 bits per heavy atom. The molecule has 0 radical (unpaired) electrons. The first kappa shape index (κ1) is 20.8. The fourth-order valence-electron chi connectivity index (χ4n) is 3.57. The lowest BCUT2D eigenvalue weighted by atomic mass is 10.2. The summed E-state index contributed by atoms with van der Waals surface area (Å²) in [4.78, 5) is 4.80. The van der Waals surface area contributed by atoms with E-state index in [1.54, 1.807) is 7.11 Å². The van der Waals surface area contributed by atoms with Crippen molar-refractivity contribution in [3.63, 3.8) is 0 Å². The summed E-state index contributed by atoms with van der Waals surface area (Å²) >= 11 is 0. The van der Waals surface area contributed by atoms with Crippen molar-refractivity contribution in [3.8, 4) is 17.2 Å².